The molecule has 1 saturated heterocycles. The molecule has 8 nitrogen and oxygen atoms in total. The molecule has 0 aliphatic carbocycles. The fourth-order valence-electron chi connectivity index (χ4n) is 4.27. The number of likely N-dealkylation sites (N-methyl/N-ethyl adjacent to an activating group) is 1. The number of rotatable bonds is 7. The van der Waals surface area contributed by atoms with Crippen LogP contribution in [0.3, 0.4) is 0 Å². The van der Waals surface area contributed by atoms with E-state index in [0.29, 0.717) is 12.1 Å². The zero-order chi connectivity index (χ0) is 22.0. The number of hydrogen-bond acceptors (Lipinski definition) is 6. The molecule has 4 rings (SSSR count). The molecular weight excluding hydrogens is 394 g/mol. The van der Waals surface area contributed by atoms with Gasteiger partial charge in [0.25, 0.3) is 5.56 Å². The van der Waals surface area contributed by atoms with Crippen molar-refractivity contribution >= 4 is 10.9 Å². The maximum absolute atomic E-state index is 12.4. The summed E-state index contributed by atoms with van der Waals surface area (Å²) in [5.74, 6) is 1.61. The summed E-state index contributed by atoms with van der Waals surface area (Å²) in [6, 6.07) is 4.11. The van der Waals surface area contributed by atoms with Crippen LogP contribution in [0.25, 0.3) is 22.0 Å². The van der Waals surface area contributed by atoms with E-state index in [4.69, 9.17) is 9.47 Å². The highest BCUT2D eigenvalue weighted by atomic mass is 16.5. The van der Waals surface area contributed by atoms with Gasteiger partial charge >= 0.3 is 0 Å². The Morgan fingerprint density at radius 3 is 2.48 bits per heavy atom. The number of pyridine rings is 1. The van der Waals surface area contributed by atoms with Crippen LogP contribution in [-0.4, -0.2) is 71.0 Å². The van der Waals surface area contributed by atoms with Gasteiger partial charge in [-0.15, -0.1) is 0 Å². The molecule has 0 spiro atoms. The Bertz CT molecular complexity index is 1110. The molecule has 1 aromatic carbocycles. The number of H-pyrrole nitrogens is 1. The van der Waals surface area contributed by atoms with Gasteiger partial charge in [-0.25, -0.2) is 0 Å². The van der Waals surface area contributed by atoms with E-state index in [1.54, 1.807) is 24.9 Å². The van der Waals surface area contributed by atoms with Gasteiger partial charge in [-0.1, -0.05) is 6.92 Å². The molecule has 0 bridgehead atoms. The normalized spacial score (nSPS) is 15.5. The topological polar surface area (TPSA) is 75.6 Å². The van der Waals surface area contributed by atoms with Crippen molar-refractivity contribution in [3.8, 4) is 22.6 Å². The number of benzene rings is 1. The molecule has 0 amide bonds. The summed E-state index contributed by atoms with van der Waals surface area (Å²) < 4.78 is 13.4. The zero-order valence-corrected chi connectivity index (χ0v) is 18.8. The number of ether oxygens (including phenoxy) is 2. The number of methoxy groups -OCH3 is 1. The molecule has 0 unspecified atom stereocenters. The Balaban J connectivity index is 1.75. The van der Waals surface area contributed by atoms with E-state index >= 15 is 0 Å². The minimum atomic E-state index is -0.108. The predicted octanol–water partition coefficient (Wildman–Crippen LogP) is 2.47. The lowest BCUT2D eigenvalue weighted by molar-refractivity contribution is 0.130. The van der Waals surface area contributed by atoms with Crippen molar-refractivity contribution in [3.63, 3.8) is 0 Å². The molecule has 0 atom stereocenters. The second kappa shape index (κ2) is 9.11. The average molecular weight is 426 g/mol. The van der Waals surface area contributed by atoms with Gasteiger partial charge in [-0.05, 0) is 25.6 Å². The molecule has 166 valence electrons. The third-order valence-electron chi connectivity index (χ3n) is 6.07. The number of nitrogens with zero attached hydrogens (tertiary/aromatic N) is 4. The van der Waals surface area contributed by atoms with Gasteiger partial charge in [0.05, 0.1) is 19.9 Å². The van der Waals surface area contributed by atoms with E-state index < -0.39 is 0 Å². The van der Waals surface area contributed by atoms with Crippen LogP contribution in [0.4, 0.5) is 0 Å². The summed E-state index contributed by atoms with van der Waals surface area (Å²) in [5.41, 5.74) is 3.25. The second-order valence-corrected chi connectivity index (χ2v) is 7.92. The van der Waals surface area contributed by atoms with Crippen LogP contribution in [0.15, 0.2) is 29.3 Å². The van der Waals surface area contributed by atoms with Gasteiger partial charge in [0, 0.05) is 68.0 Å². The molecule has 3 aromatic rings. The maximum Gasteiger partial charge on any atom is 0.276 e. The number of fused-ring (bicyclic) bond motifs is 1. The molecule has 0 saturated carbocycles. The molecule has 8 heteroatoms. The van der Waals surface area contributed by atoms with Crippen molar-refractivity contribution in [1.29, 1.82) is 0 Å². The third-order valence-corrected chi connectivity index (χ3v) is 6.07. The second-order valence-electron chi connectivity index (χ2n) is 7.92. The predicted molar refractivity (Wildman–Crippen MR) is 122 cm³/mol. The number of hydrogen-bond donors (Lipinski definition) is 1. The van der Waals surface area contributed by atoms with Gasteiger partial charge in [0.15, 0.2) is 0 Å². The number of aromatic nitrogens is 3. The summed E-state index contributed by atoms with van der Waals surface area (Å²) in [5, 5.41) is 7.69. The van der Waals surface area contributed by atoms with Crippen LogP contribution in [-0.2, 0) is 13.6 Å². The highest BCUT2D eigenvalue weighted by Crippen LogP contribution is 2.39. The van der Waals surface area contributed by atoms with Crippen molar-refractivity contribution in [3.05, 3.63) is 40.4 Å². The molecule has 3 heterocycles. The molecular formula is C23H31N5O3. The number of aromatic amines is 1. The van der Waals surface area contributed by atoms with E-state index in [9.17, 15) is 4.79 Å². The van der Waals surface area contributed by atoms with Crippen LogP contribution in [0.5, 0.6) is 11.5 Å². The van der Waals surface area contributed by atoms with E-state index in [1.807, 2.05) is 19.2 Å². The van der Waals surface area contributed by atoms with Crippen LogP contribution in [0, 0.1) is 0 Å². The first kappa shape index (κ1) is 21.4. The lowest BCUT2D eigenvalue weighted by atomic mass is 10.00. The molecule has 2 aromatic heterocycles. The number of piperazine rings is 1. The number of aryl methyl sites for hydroxylation is 1. The molecule has 1 aliphatic rings. The highest BCUT2D eigenvalue weighted by molar-refractivity contribution is 5.95. The van der Waals surface area contributed by atoms with Crippen molar-refractivity contribution in [2.45, 2.75) is 20.4 Å². The molecule has 31 heavy (non-hydrogen) atoms. The van der Waals surface area contributed by atoms with Crippen LogP contribution >= 0.6 is 0 Å². The van der Waals surface area contributed by atoms with Crippen molar-refractivity contribution in [1.82, 2.24) is 24.6 Å². The quantitative estimate of drug-likeness (QED) is 0.627. The molecule has 1 aliphatic heterocycles. The van der Waals surface area contributed by atoms with Gasteiger partial charge in [0.2, 0.25) is 0 Å². The Morgan fingerprint density at radius 1 is 1.06 bits per heavy atom. The van der Waals surface area contributed by atoms with E-state index in [1.165, 1.54) is 0 Å². The van der Waals surface area contributed by atoms with E-state index in [2.05, 4.69) is 33.0 Å². The minimum absolute atomic E-state index is 0.108. The van der Waals surface area contributed by atoms with Crippen molar-refractivity contribution in [2.75, 3.05) is 46.4 Å². The monoisotopic (exact) mass is 425 g/mol. The van der Waals surface area contributed by atoms with Crippen LogP contribution < -0.4 is 15.0 Å². The molecule has 0 radical (unpaired) electrons. The lowest BCUT2D eigenvalue weighted by Crippen LogP contribution is -2.45. The summed E-state index contributed by atoms with van der Waals surface area (Å²) in [6.45, 7) is 11.0. The van der Waals surface area contributed by atoms with Crippen LogP contribution in [0.1, 0.15) is 19.4 Å². The highest BCUT2D eigenvalue weighted by Gasteiger charge is 2.21. The lowest BCUT2D eigenvalue weighted by Gasteiger charge is -2.34. The van der Waals surface area contributed by atoms with Gasteiger partial charge in [0.1, 0.15) is 17.0 Å². The standard InChI is InChI=1S/C23H31N5O3/c1-5-27-7-9-28(10-8-27)14-16-11-21(30-4)17(12-20(16)31-6-2)19-15-26(3)23(29)22-18(19)13-24-25-22/h11-13,15H,5-10,14H2,1-4H3,(H,24,25). The van der Waals surface area contributed by atoms with Crippen LogP contribution in [0.2, 0.25) is 0 Å². The first-order chi connectivity index (χ1) is 15.0. The Morgan fingerprint density at radius 2 is 1.81 bits per heavy atom. The maximum atomic E-state index is 12.4. The fourth-order valence-corrected chi connectivity index (χ4v) is 4.27. The van der Waals surface area contributed by atoms with Crippen molar-refractivity contribution in [2.24, 2.45) is 7.05 Å². The largest absolute Gasteiger partial charge is 0.496 e. The third kappa shape index (κ3) is 4.18. The Labute approximate surface area is 182 Å². The minimum Gasteiger partial charge on any atom is -0.496 e. The average Bonchev–Trinajstić information content (AvgIpc) is 3.28. The zero-order valence-electron chi connectivity index (χ0n) is 18.8. The number of nitrogens with one attached hydrogen (secondary N) is 1. The summed E-state index contributed by atoms with van der Waals surface area (Å²) in [7, 11) is 3.42. The summed E-state index contributed by atoms with van der Waals surface area (Å²) >= 11 is 0. The van der Waals surface area contributed by atoms with Gasteiger partial charge in [-0.2, -0.15) is 5.10 Å². The first-order valence-electron chi connectivity index (χ1n) is 10.9. The summed E-state index contributed by atoms with van der Waals surface area (Å²) in [6.07, 6.45) is 3.52. The first-order valence-corrected chi connectivity index (χ1v) is 10.9. The van der Waals surface area contributed by atoms with E-state index in [-0.39, 0.29) is 5.56 Å². The SMILES string of the molecule is CCOc1cc(-c2cn(C)c(=O)c3[nH]ncc23)c(OC)cc1CN1CCN(CC)CC1. The summed E-state index contributed by atoms with van der Waals surface area (Å²) in [4.78, 5) is 17.4. The fraction of sp³-hybridized carbons (Fsp3) is 0.478. The molecule has 1 N–H and O–H groups in total. The Kier molecular flexibility index (Phi) is 6.29. The molecule has 1 fully saturated rings. The smallest absolute Gasteiger partial charge is 0.276 e. The van der Waals surface area contributed by atoms with Gasteiger partial charge < -0.3 is 18.9 Å². The Hall–Kier alpha value is -2.84. The van der Waals surface area contributed by atoms with Crippen molar-refractivity contribution < 1.29 is 9.47 Å². The van der Waals surface area contributed by atoms with Gasteiger partial charge in [-0.3, -0.25) is 14.8 Å². The van der Waals surface area contributed by atoms with E-state index in [0.717, 1.165) is 72.8 Å².